The Bertz CT molecular complexity index is 2510. The van der Waals surface area contributed by atoms with Crippen molar-refractivity contribution in [3.8, 4) is 28.4 Å². The Morgan fingerprint density at radius 2 is 1.58 bits per heavy atom. The van der Waals surface area contributed by atoms with E-state index in [1.165, 1.54) is 12.1 Å². The second kappa shape index (κ2) is 21.0. The Balaban J connectivity index is 0.750. The fourth-order valence-corrected chi connectivity index (χ4v) is 8.89. The number of carbonyl (C=O) groups is 6. The van der Waals surface area contributed by atoms with Crippen LogP contribution < -0.4 is 30.4 Å². The minimum absolute atomic E-state index is 0.00244. The molecule has 2 unspecified atom stereocenters. The molecule has 0 saturated carbocycles. The number of piperazine rings is 1. The molecule has 17 heteroatoms. The first kappa shape index (κ1) is 46.5. The molecule has 0 bridgehead atoms. The SMILES string of the molecule is COc1ccc(-c2cn(C)c(=O)c3cc(CN4CCN(C(=O)CCCCCCCCCCNC(=O)COc5cccc6c5C(=O)N(C5CCC(=O)NC5=O)C6=O)CC4C)oc23)cc1OC. The fraction of sp³-hybridized carbons (Fsp3) is 0.479. The van der Waals surface area contributed by atoms with E-state index in [9.17, 15) is 33.6 Å². The number of nitrogens with one attached hydrogen (secondary N) is 2. The molecule has 2 aromatic heterocycles. The number of aromatic nitrogens is 1. The maximum atomic E-state index is 13.2. The van der Waals surface area contributed by atoms with E-state index >= 15 is 0 Å². The van der Waals surface area contributed by atoms with E-state index in [1.54, 1.807) is 38.1 Å². The molecule has 4 aromatic rings. The quantitative estimate of drug-likeness (QED) is 0.0895. The molecule has 65 heavy (non-hydrogen) atoms. The number of fused-ring (bicyclic) bond motifs is 2. The average Bonchev–Trinajstić information content (AvgIpc) is 3.84. The number of pyridine rings is 1. The van der Waals surface area contributed by atoms with E-state index in [1.807, 2.05) is 29.2 Å². The number of furan rings is 1. The van der Waals surface area contributed by atoms with Gasteiger partial charge in [-0.15, -0.1) is 0 Å². The molecule has 0 spiro atoms. The molecular weight excluding hydrogens is 837 g/mol. The van der Waals surface area contributed by atoms with Crippen molar-refractivity contribution in [2.75, 3.05) is 47.0 Å². The molecule has 2 fully saturated rings. The molecule has 2 saturated heterocycles. The third-order valence-electron chi connectivity index (χ3n) is 12.5. The number of piperidine rings is 1. The molecule has 17 nitrogen and oxygen atoms in total. The largest absolute Gasteiger partial charge is 0.493 e. The summed E-state index contributed by atoms with van der Waals surface area (Å²) < 4.78 is 24.5. The van der Waals surface area contributed by atoms with E-state index in [2.05, 4.69) is 22.5 Å². The van der Waals surface area contributed by atoms with Crippen molar-refractivity contribution in [2.24, 2.45) is 7.05 Å². The number of hydrogen-bond donors (Lipinski definition) is 2. The molecule has 0 radical (unpaired) electrons. The number of methoxy groups -OCH3 is 2. The summed E-state index contributed by atoms with van der Waals surface area (Å²) >= 11 is 0. The molecule has 7 rings (SSSR count). The van der Waals surface area contributed by atoms with Gasteiger partial charge in [0.2, 0.25) is 17.7 Å². The maximum absolute atomic E-state index is 13.2. The van der Waals surface area contributed by atoms with Crippen LogP contribution >= 0.6 is 0 Å². The number of benzene rings is 2. The van der Waals surface area contributed by atoms with Crippen LogP contribution in [0.2, 0.25) is 0 Å². The van der Waals surface area contributed by atoms with E-state index in [0.29, 0.717) is 67.4 Å². The zero-order valence-electron chi connectivity index (χ0n) is 37.6. The van der Waals surface area contributed by atoms with Gasteiger partial charge >= 0.3 is 0 Å². The van der Waals surface area contributed by atoms with Crippen LogP contribution in [0.5, 0.6) is 17.2 Å². The van der Waals surface area contributed by atoms with Crippen molar-refractivity contribution in [1.29, 1.82) is 0 Å². The van der Waals surface area contributed by atoms with Crippen LogP contribution in [0.4, 0.5) is 0 Å². The van der Waals surface area contributed by atoms with Crippen molar-refractivity contribution in [3.05, 3.63) is 75.9 Å². The molecule has 2 N–H and O–H groups in total. The zero-order chi connectivity index (χ0) is 46.2. The summed E-state index contributed by atoms with van der Waals surface area (Å²) in [7, 11) is 4.90. The Morgan fingerprint density at radius 1 is 0.846 bits per heavy atom. The number of ether oxygens (including phenoxy) is 3. The number of unbranched alkanes of at least 4 members (excludes halogenated alkanes) is 7. The lowest BCUT2D eigenvalue weighted by molar-refractivity contribution is -0.136. The number of carbonyl (C=O) groups excluding carboxylic acids is 6. The van der Waals surface area contributed by atoms with E-state index < -0.39 is 29.7 Å². The third-order valence-corrected chi connectivity index (χ3v) is 12.5. The van der Waals surface area contributed by atoms with Crippen LogP contribution in [0.1, 0.15) is 104 Å². The van der Waals surface area contributed by atoms with Crippen molar-refractivity contribution >= 4 is 46.4 Å². The van der Waals surface area contributed by atoms with Crippen molar-refractivity contribution in [2.45, 2.75) is 96.2 Å². The molecular formula is C48H58N6O11. The van der Waals surface area contributed by atoms with Gasteiger partial charge < -0.3 is 33.4 Å². The summed E-state index contributed by atoms with van der Waals surface area (Å²) in [5, 5.41) is 5.52. The van der Waals surface area contributed by atoms with Gasteiger partial charge in [0.15, 0.2) is 18.1 Å². The Hall–Kier alpha value is -6.49. The Kier molecular flexibility index (Phi) is 15.0. The fourth-order valence-electron chi connectivity index (χ4n) is 8.89. The lowest BCUT2D eigenvalue weighted by Gasteiger charge is -2.39. The van der Waals surface area contributed by atoms with Crippen LogP contribution in [0.15, 0.2) is 57.9 Å². The maximum Gasteiger partial charge on any atom is 0.266 e. The predicted molar refractivity (Wildman–Crippen MR) is 240 cm³/mol. The van der Waals surface area contributed by atoms with Crippen LogP contribution in [0.3, 0.4) is 0 Å². The van der Waals surface area contributed by atoms with Gasteiger partial charge in [0, 0.05) is 63.9 Å². The summed E-state index contributed by atoms with van der Waals surface area (Å²) in [6, 6.07) is 11.0. The van der Waals surface area contributed by atoms with Gasteiger partial charge in [0.1, 0.15) is 23.1 Å². The topological polar surface area (TPSA) is 199 Å². The highest BCUT2D eigenvalue weighted by Gasteiger charge is 2.46. The monoisotopic (exact) mass is 894 g/mol. The van der Waals surface area contributed by atoms with Gasteiger partial charge in [-0.3, -0.25) is 48.7 Å². The standard InChI is InChI=1S/C48H58N6O11/c1-30-26-53(23-22-52(30)27-32-25-34-44(65-32)35(28-51(2)46(34)59)31-17-19-37(62-3)39(24-31)63-4)42(57)16-11-9-7-5-6-8-10-12-21-49-41(56)29-64-38-15-13-14-33-43(38)48(61)54(47(33)60)36-18-20-40(55)50-45(36)58/h13-15,17,19,24-25,28,30,36H,5-12,16,18,20-23,26-27,29H2,1-4H3,(H,49,56)(H,50,55,58). The molecule has 3 aliphatic rings. The molecule has 2 atom stereocenters. The van der Waals surface area contributed by atoms with Gasteiger partial charge in [-0.2, -0.15) is 0 Å². The van der Waals surface area contributed by atoms with Crippen molar-refractivity contribution in [1.82, 2.24) is 29.9 Å². The van der Waals surface area contributed by atoms with E-state index in [-0.39, 0.29) is 59.7 Å². The first-order chi connectivity index (χ1) is 31.4. The van der Waals surface area contributed by atoms with Crippen molar-refractivity contribution < 1.29 is 47.4 Å². The first-order valence-electron chi connectivity index (χ1n) is 22.5. The molecule has 346 valence electrons. The number of nitrogens with zero attached hydrogens (tertiary/aromatic N) is 4. The second-order valence-corrected chi connectivity index (χ2v) is 17.0. The number of imide groups is 2. The predicted octanol–water partition coefficient (Wildman–Crippen LogP) is 4.96. The minimum Gasteiger partial charge on any atom is -0.493 e. The lowest BCUT2D eigenvalue weighted by atomic mass is 10.0. The normalized spacial score (nSPS) is 17.7. The smallest absolute Gasteiger partial charge is 0.266 e. The average molecular weight is 895 g/mol. The second-order valence-electron chi connectivity index (χ2n) is 17.0. The number of aryl methyl sites for hydroxylation is 1. The minimum atomic E-state index is -1.09. The summed E-state index contributed by atoms with van der Waals surface area (Å²) in [5.74, 6) is -0.680. The van der Waals surface area contributed by atoms with Gasteiger partial charge in [0.05, 0.1) is 37.3 Å². The van der Waals surface area contributed by atoms with Crippen LogP contribution in [0, 0.1) is 0 Å². The highest BCUT2D eigenvalue weighted by molar-refractivity contribution is 6.24. The van der Waals surface area contributed by atoms with Gasteiger partial charge in [-0.05, 0) is 62.1 Å². The van der Waals surface area contributed by atoms with E-state index in [0.717, 1.165) is 67.4 Å². The Labute approximate surface area is 377 Å². The summed E-state index contributed by atoms with van der Waals surface area (Å²) in [6.45, 7) is 4.76. The lowest BCUT2D eigenvalue weighted by Crippen LogP contribution is -2.54. The summed E-state index contributed by atoms with van der Waals surface area (Å²) in [4.78, 5) is 94.1. The highest BCUT2D eigenvalue weighted by atomic mass is 16.5. The van der Waals surface area contributed by atoms with Crippen LogP contribution in [-0.4, -0.2) is 114 Å². The number of amides is 6. The van der Waals surface area contributed by atoms with Gasteiger partial charge in [-0.25, -0.2) is 0 Å². The summed E-state index contributed by atoms with van der Waals surface area (Å²) in [5.41, 5.74) is 2.10. The van der Waals surface area contributed by atoms with Crippen LogP contribution in [0.25, 0.3) is 22.1 Å². The molecule has 0 aliphatic carbocycles. The van der Waals surface area contributed by atoms with E-state index in [4.69, 9.17) is 18.6 Å². The molecule has 6 amide bonds. The van der Waals surface area contributed by atoms with Gasteiger partial charge in [-0.1, -0.05) is 50.7 Å². The molecule has 5 heterocycles. The molecule has 3 aliphatic heterocycles. The van der Waals surface area contributed by atoms with Crippen molar-refractivity contribution in [3.63, 3.8) is 0 Å². The molecule has 2 aromatic carbocycles. The highest BCUT2D eigenvalue weighted by Crippen LogP contribution is 2.37. The third kappa shape index (κ3) is 10.6. The number of hydrogen-bond acceptors (Lipinski definition) is 12. The van der Waals surface area contributed by atoms with Crippen LogP contribution in [-0.2, 0) is 32.8 Å². The first-order valence-corrected chi connectivity index (χ1v) is 22.5. The zero-order valence-corrected chi connectivity index (χ0v) is 37.6. The Morgan fingerprint density at radius 3 is 2.31 bits per heavy atom. The summed E-state index contributed by atoms with van der Waals surface area (Å²) in [6.07, 6.45) is 10.2. The van der Waals surface area contributed by atoms with Gasteiger partial charge in [0.25, 0.3) is 23.3 Å². The number of rotatable bonds is 20.